The number of piperidine rings is 1. The fraction of sp³-hybridized carbons (Fsp3) is 1.00. The van der Waals surface area contributed by atoms with E-state index in [1.54, 1.807) is 0 Å². The molecule has 4 nitrogen and oxygen atoms in total. The molecule has 2 unspecified atom stereocenters. The van der Waals surface area contributed by atoms with Crippen LogP contribution in [-0.2, 0) is 9.84 Å². The smallest absolute Gasteiger partial charge is 0.153 e. The van der Waals surface area contributed by atoms with Crippen molar-refractivity contribution in [2.24, 2.45) is 0 Å². The molecular formula is C11H22N2O2S. The fourth-order valence-electron chi connectivity index (χ4n) is 2.67. The van der Waals surface area contributed by atoms with E-state index in [4.69, 9.17) is 0 Å². The van der Waals surface area contributed by atoms with Crippen molar-refractivity contribution in [2.75, 3.05) is 31.1 Å². The Bertz CT molecular complexity index is 323. The molecule has 0 saturated carbocycles. The van der Waals surface area contributed by atoms with Crippen LogP contribution >= 0.6 is 0 Å². The van der Waals surface area contributed by atoms with E-state index in [-0.39, 0.29) is 6.04 Å². The van der Waals surface area contributed by atoms with Crippen molar-refractivity contribution >= 4 is 9.84 Å². The maximum atomic E-state index is 11.5. The third-order valence-electron chi connectivity index (χ3n) is 3.68. The fourth-order valence-corrected chi connectivity index (χ4v) is 4.29. The van der Waals surface area contributed by atoms with Gasteiger partial charge in [0, 0.05) is 25.2 Å². The van der Waals surface area contributed by atoms with Gasteiger partial charge in [-0.05, 0) is 26.3 Å². The van der Waals surface area contributed by atoms with Gasteiger partial charge in [-0.25, -0.2) is 8.42 Å². The van der Waals surface area contributed by atoms with Gasteiger partial charge >= 0.3 is 0 Å². The molecule has 0 spiro atoms. The molecule has 0 aromatic carbocycles. The van der Waals surface area contributed by atoms with Crippen LogP contribution in [0.1, 0.15) is 26.2 Å². The van der Waals surface area contributed by atoms with Gasteiger partial charge < -0.3 is 5.32 Å². The highest BCUT2D eigenvalue weighted by molar-refractivity contribution is 7.91. The Labute approximate surface area is 98.3 Å². The van der Waals surface area contributed by atoms with Gasteiger partial charge in [0.25, 0.3) is 0 Å². The van der Waals surface area contributed by atoms with E-state index < -0.39 is 9.84 Å². The third kappa shape index (κ3) is 3.18. The number of rotatable bonds is 2. The lowest BCUT2D eigenvalue weighted by molar-refractivity contribution is 0.189. The average molecular weight is 246 g/mol. The summed E-state index contributed by atoms with van der Waals surface area (Å²) in [4.78, 5) is 2.32. The standard InChI is InChI=1S/C11H22N2O2S/c1-10-9-16(14,15)7-6-13(10)8-11-4-2-3-5-12-11/h10-12H,2-9H2,1H3. The van der Waals surface area contributed by atoms with Gasteiger partial charge in [-0.2, -0.15) is 0 Å². The Morgan fingerprint density at radius 3 is 2.81 bits per heavy atom. The van der Waals surface area contributed by atoms with Crippen LogP contribution in [-0.4, -0.2) is 56.5 Å². The van der Waals surface area contributed by atoms with Gasteiger partial charge in [0.2, 0.25) is 0 Å². The maximum Gasteiger partial charge on any atom is 0.153 e. The van der Waals surface area contributed by atoms with E-state index in [0.717, 1.165) is 13.1 Å². The number of hydrogen-bond donors (Lipinski definition) is 1. The zero-order chi connectivity index (χ0) is 11.6. The summed E-state index contributed by atoms with van der Waals surface area (Å²) in [7, 11) is -2.77. The molecule has 0 amide bonds. The summed E-state index contributed by atoms with van der Waals surface area (Å²) in [6.07, 6.45) is 3.81. The molecule has 0 aliphatic carbocycles. The van der Waals surface area contributed by atoms with Crippen LogP contribution in [0.4, 0.5) is 0 Å². The molecule has 2 saturated heterocycles. The maximum absolute atomic E-state index is 11.5. The van der Waals surface area contributed by atoms with Gasteiger partial charge in [0.1, 0.15) is 0 Å². The van der Waals surface area contributed by atoms with Crippen molar-refractivity contribution in [3.8, 4) is 0 Å². The van der Waals surface area contributed by atoms with Crippen molar-refractivity contribution in [1.82, 2.24) is 10.2 Å². The summed E-state index contributed by atoms with van der Waals surface area (Å²) in [5.41, 5.74) is 0. The van der Waals surface area contributed by atoms with Crippen LogP contribution in [0.25, 0.3) is 0 Å². The summed E-state index contributed by atoms with van der Waals surface area (Å²) in [6.45, 7) is 4.86. The highest BCUT2D eigenvalue weighted by Crippen LogP contribution is 2.15. The van der Waals surface area contributed by atoms with E-state index >= 15 is 0 Å². The molecule has 16 heavy (non-hydrogen) atoms. The Morgan fingerprint density at radius 2 is 2.19 bits per heavy atom. The molecule has 1 N–H and O–H groups in total. The predicted octanol–water partition coefficient (Wildman–Crippen LogP) is 0.247. The highest BCUT2D eigenvalue weighted by atomic mass is 32.2. The van der Waals surface area contributed by atoms with Crippen LogP contribution in [0.15, 0.2) is 0 Å². The Hall–Kier alpha value is -0.130. The van der Waals surface area contributed by atoms with Crippen molar-refractivity contribution in [2.45, 2.75) is 38.3 Å². The highest BCUT2D eigenvalue weighted by Gasteiger charge is 2.29. The summed E-state index contributed by atoms with van der Waals surface area (Å²) in [5.74, 6) is 0.670. The van der Waals surface area contributed by atoms with Crippen molar-refractivity contribution in [1.29, 1.82) is 0 Å². The van der Waals surface area contributed by atoms with Crippen LogP contribution in [0.3, 0.4) is 0 Å². The molecule has 0 radical (unpaired) electrons. The molecule has 0 aromatic heterocycles. The minimum atomic E-state index is -2.77. The zero-order valence-electron chi connectivity index (χ0n) is 9.98. The summed E-state index contributed by atoms with van der Waals surface area (Å²) < 4.78 is 22.9. The summed E-state index contributed by atoms with van der Waals surface area (Å²) in [5, 5.41) is 3.52. The lowest BCUT2D eigenvalue weighted by Crippen LogP contribution is -2.52. The Kier molecular flexibility index (Phi) is 3.87. The number of nitrogens with one attached hydrogen (secondary N) is 1. The third-order valence-corrected chi connectivity index (χ3v) is 5.47. The van der Waals surface area contributed by atoms with Crippen molar-refractivity contribution in [3.05, 3.63) is 0 Å². The average Bonchev–Trinajstić information content (AvgIpc) is 2.23. The first-order valence-electron chi connectivity index (χ1n) is 6.25. The molecule has 0 bridgehead atoms. The number of sulfone groups is 1. The first kappa shape index (κ1) is 12.3. The molecule has 2 heterocycles. The van der Waals surface area contributed by atoms with Gasteiger partial charge in [-0.1, -0.05) is 6.42 Å². The number of hydrogen-bond acceptors (Lipinski definition) is 4. The zero-order valence-corrected chi connectivity index (χ0v) is 10.8. The lowest BCUT2D eigenvalue weighted by Gasteiger charge is -2.37. The van der Waals surface area contributed by atoms with E-state index in [9.17, 15) is 8.42 Å². The van der Waals surface area contributed by atoms with Crippen molar-refractivity contribution in [3.63, 3.8) is 0 Å². The Morgan fingerprint density at radius 1 is 1.38 bits per heavy atom. The Balaban J connectivity index is 1.86. The largest absolute Gasteiger partial charge is 0.313 e. The second-order valence-corrected chi connectivity index (χ2v) is 7.33. The second kappa shape index (κ2) is 5.02. The quantitative estimate of drug-likeness (QED) is 0.759. The minimum absolute atomic E-state index is 0.183. The molecule has 2 fully saturated rings. The second-order valence-electron chi connectivity index (χ2n) is 5.11. The molecule has 2 rings (SSSR count). The first-order chi connectivity index (χ1) is 7.57. The van der Waals surface area contributed by atoms with E-state index in [2.05, 4.69) is 10.2 Å². The summed E-state index contributed by atoms with van der Waals surface area (Å²) >= 11 is 0. The molecule has 94 valence electrons. The first-order valence-corrected chi connectivity index (χ1v) is 8.07. The van der Waals surface area contributed by atoms with E-state index in [0.29, 0.717) is 24.1 Å². The van der Waals surface area contributed by atoms with Crippen molar-refractivity contribution < 1.29 is 8.42 Å². The molecule has 5 heteroatoms. The van der Waals surface area contributed by atoms with Gasteiger partial charge in [0.15, 0.2) is 9.84 Å². The summed E-state index contributed by atoms with van der Waals surface area (Å²) in [6, 6.07) is 0.750. The van der Waals surface area contributed by atoms with Gasteiger partial charge in [-0.15, -0.1) is 0 Å². The molecule has 2 aliphatic rings. The predicted molar refractivity (Wildman–Crippen MR) is 65.3 cm³/mol. The number of nitrogens with zero attached hydrogens (tertiary/aromatic N) is 1. The van der Waals surface area contributed by atoms with Crippen LogP contribution in [0, 0.1) is 0 Å². The molecule has 2 atom stereocenters. The monoisotopic (exact) mass is 246 g/mol. The van der Waals surface area contributed by atoms with Crippen LogP contribution in [0.2, 0.25) is 0 Å². The SMILES string of the molecule is CC1CS(=O)(=O)CCN1CC1CCCCN1. The molecular weight excluding hydrogens is 224 g/mol. The van der Waals surface area contributed by atoms with E-state index in [1.165, 1.54) is 19.3 Å². The molecule has 0 aromatic rings. The topological polar surface area (TPSA) is 49.4 Å². The van der Waals surface area contributed by atoms with Crippen LogP contribution in [0.5, 0.6) is 0 Å². The lowest BCUT2D eigenvalue weighted by atomic mass is 10.0. The van der Waals surface area contributed by atoms with Gasteiger partial charge in [-0.3, -0.25) is 4.90 Å². The van der Waals surface area contributed by atoms with Gasteiger partial charge in [0.05, 0.1) is 11.5 Å². The minimum Gasteiger partial charge on any atom is -0.313 e. The van der Waals surface area contributed by atoms with Crippen LogP contribution < -0.4 is 5.32 Å². The normalized spacial score (nSPS) is 36.1. The van der Waals surface area contributed by atoms with E-state index in [1.807, 2.05) is 6.92 Å². The molecule has 2 aliphatic heterocycles.